The van der Waals surface area contributed by atoms with Gasteiger partial charge in [-0.25, -0.2) is 17.5 Å². The van der Waals surface area contributed by atoms with Gasteiger partial charge < -0.3 is 10.6 Å². The summed E-state index contributed by atoms with van der Waals surface area (Å²) in [6.45, 7) is 2.75. The third kappa shape index (κ3) is 7.46. The zero-order valence-corrected chi connectivity index (χ0v) is 16.4. The van der Waals surface area contributed by atoms with Gasteiger partial charge in [-0.15, -0.1) is 0 Å². The van der Waals surface area contributed by atoms with Gasteiger partial charge in [-0.2, -0.15) is 13.2 Å². The fraction of sp³-hybridized carbons (Fsp3) is 0.938. The van der Waals surface area contributed by atoms with Crippen molar-refractivity contribution in [2.24, 2.45) is 5.92 Å². The number of nitrogens with one attached hydrogen (secondary N) is 2. The van der Waals surface area contributed by atoms with Crippen molar-refractivity contribution in [3.63, 3.8) is 0 Å². The molecule has 0 saturated carbocycles. The van der Waals surface area contributed by atoms with E-state index in [0.717, 1.165) is 0 Å². The fourth-order valence-electron chi connectivity index (χ4n) is 3.62. The van der Waals surface area contributed by atoms with Crippen molar-refractivity contribution in [1.29, 1.82) is 0 Å². The van der Waals surface area contributed by atoms with E-state index in [9.17, 15) is 26.4 Å². The van der Waals surface area contributed by atoms with Crippen LogP contribution >= 0.6 is 0 Å². The molecule has 0 aromatic rings. The van der Waals surface area contributed by atoms with Crippen LogP contribution in [0.15, 0.2) is 0 Å². The van der Waals surface area contributed by atoms with E-state index in [1.807, 2.05) is 6.92 Å². The number of halogens is 3. The number of urea groups is 1. The number of amides is 2. The van der Waals surface area contributed by atoms with Crippen molar-refractivity contribution in [1.82, 2.24) is 19.8 Å². The van der Waals surface area contributed by atoms with Gasteiger partial charge in [0.25, 0.3) is 0 Å². The van der Waals surface area contributed by atoms with E-state index in [2.05, 4.69) is 10.6 Å². The second-order valence-electron chi connectivity index (χ2n) is 7.35. The molecule has 2 amide bonds. The monoisotopic (exact) mass is 414 g/mol. The number of carbonyl (C=O) groups is 1. The number of carbonyl (C=O) groups excluding carboxylic acids is 1. The van der Waals surface area contributed by atoms with Crippen molar-refractivity contribution < 1.29 is 26.4 Å². The van der Waals surface area contributed by atoms with E-state index >= 15 is 0 Å². The van der Waals surface area contributed by atoms with Crippen LogP contribution in [-0.2, 0) is 10.0 Å². The molecule has 2 rings (SSSR count). The third-order valence-electron chi connectivity index (χ3n) is 4.97. The maximum Gasteiger partial charge on any atom is 0.401 e. The Bertz CT molecular complexity index is 592. The normalized spacial score (nSPS) is 23.5. The van der Waals surface area contributed by atoms with Gasteiger partial charge in [0.2, 0.25) is 10.0 Å². The number of rotatable bonds is 7. The lowest BCUT2D eigenvalue weighted by Crippen LogP contribution is -2.50. The molecule has 7 nitrogen and oxygen atoms in total. The largest absolute Gasteiger partial charge is 0.401 e. The lowest BCUT2D eigenvalue weighted by molar-refractivity contribution is -0.143. The Morgan fingerprint density at radius 1 is 1.15 bits per heavy atom. The summed E-state index contributed by atoms with van der Waals surface area (Å²) >= 11 is 0. The number of likely N-dealkylation sites (tertiary alicyclic amines) is 1. The second-order valence-corrected chi connectivity index (χ2v) is 9.44. The first-order valence-corrected chi connectivity index (χ1v) is 11.0. The Hall–Kier alpha value is -1.07. The van der Waals surface area contributed by atoms with Gasteiger partial charge in [-0.3, -0.25) is 4.90 Å². The molecule has 0 aromatic heterocycles. The molecule has 27 heavy (non-hydrogen) atoms. The smallest absolute Gasteiger partial charge is 0.338 e. The van der Waals surface area contributed by atoms with E-state index in [0.29, 0.717) is 58.4 Å². The first-order chi connectivity index (χ1) is 12.6. The van der Waals surface area contributed by atoms with Gasteiger partial charge >= 0.3 is 12.2 Å². The average molecular weight is 414 g/mol. The molecule has 0 bridgehead atoms. The second kappa shape index (κ2) is 9.42. The average Bonchev–Trinajstić information content (AvgIpc) is 2.99. The fourth-order valence-corrected chi connectivity index (χ4v) is 5.16. The number of sulfonamides is 1. The van der Waals surface area contributed by atoms with Crippen LogP contribution in [0.4, 0.5) is 18.0 Å². The van der Waals surface area contributed by atoms with Crippen LogP contribution in [0.3, 0.4) is 0 Å². The predicted octanol–water partition coefficient (Wildman–Crippen LogP) is 1.37. The molecule has 0 radical (unpaired) electrons. The summed E-state index contributed by atoms with van der Waals surface area (Å²) in [7, 11) is -3.20. The molecule has 2 heterocycles. The first-order valence-electron chi connectivity index (χ1n) is 9.40. The molecule has 2 fully saturated rings. The van der Waals surface area contributed by atoms with Crippen molar-refractivity contribution >= 4 is 16.1 Å². The van der Waals surface area contributed by atoms with Gasteiger partial charge in [0.05, 0.1) is 12.3 Å². The maximum atomic E-state index is 12.4. The molecule has 0 spiro atoms. The van der Waals surface area contributed by atoms with E-state index in [-0.39, 0.29) is 23.7 Å². The minimum absolute atomic E-state index is 0.0131. The summed E-state index contributed by atoms with van der Waals surface area (Å²) in [5.74, 6) is 0.150. The maximum absolute atomic E-state index is 12.4. The van der Waals surface area contributed by atoms with Gasteiger partial charge in [0, 0.05) is 32.2 Å². The topological polar surface area (TPSA) is 81.8 Å². The van der Waals surface area contributed by atoms with Crippen LogP contribution in [-0.4, -0.2) is 80.9 Å². The molecule has 158 valence electrons. The van der Waals surface area contributed by atoms with Gasteiger partial charge in [-0.05, 0) is 38.1 Å². The van der Waals surface area contributed by atoms with E-state index in [4.69, 9.17) is 0 Å². The molecule has 11 heteroatoms. The number of piperidine rings is 1. The summed E-state index contributed by atoms with van der Waals surface area (Å²) < 4.78 is 62.7. The Kier molecular flexibility index (Phi) is 7.75. The molecular formula is C16H29F3N4O3S. The molecule has 0 aromatic carbocycles. The van der Waals surface area contributed by atoms with Crippen LogP contribution in [0.5, 0.6) is 0 Å². The Balaban J connectivity index is 1.65. The summed E-state index contributed by atoms with van der Waals surface area (Å²) in [5, 5.41) is 5.56. The molecule has 1 atom stereocenters. The lowest BCUT2D eigenvalue weighted by Gasteiger charge is -2.31. The highest BCUT2D eigenvalue weighted by atomic mass is 32.2. The van der Waals surface area contributed by atoms with Crippen molar-refractivity contribution in [3.8, 4) is 0 Å². The summed E-state index contributed by atoms with van der Waals surface area (Å²) in [5.41, 5.74) is 0. The minimum atomic E-state index is -4.20. The number of alkyl halides is 3. The highest BCUT2D eigenvalue weighted by Crippen LogP contribution is 2.22. The van der Waals surface area contributed by atoms with E-state index in [1.165, 1.54) is 9.21 Å². The van der Waals surface area contributed by atoms with Gasteiger partial charge in [-0.1, -0.05) is 6.92 Å². The van der Waals surface area contributed by atoms with Gasteiger partial charge in [0.1, 0.15) is 0 Å². The van der Waals surface area contributed by atoms with Crippen LogP contribution in [0.1, 0.15) is 32.6 Å². The molecule has 2 saturated heterocycles. The lowest BCUT2D eigenvalue weighted by atomic mass is 10.1. The molecule has 2 aliphatic heterocycles. The van der Waals surface area contributed by atoms with Crippen LogP contribution in [0.25, 0.3) is 0 Å². The first kappa shape index (κ1) is 22.2. The van der Waals surface area contributed by atoms with E-state index in [1.54, 1.807) is 0 Å². The number of hydrogen-bond acceptors (Lipinski definition) is 4. The molecule has 1 unspecified atom stereocenters. The van der Waals surface area contributed by atoms with E-state index < -0.39 is 22.7 Å². The predicted molar refractivity (Wildman–Crippen MR) is 95.8 cm³/mol. The Morgan fingerprint density at radius 3 is 2.41 bits per heavy atom. The SMILES string of the molecule is CCCS(=O)(=O)N1CCC(NC(=O)NCC2CCN(CC(F)(F)F)C2)CC1. The summed E-state index contributed by atoms with van der Waals surface area (Å²) in [6, 6.07) is -0.442. The number of nitrogens with zero attached hydrogens (tertiary/aromatic N) is 2. The highest BCUT2D eigenvalue weighted by molar-refractivity contribution is 7.89. The number of hydrogen-bond donors (Lipinski definition) is 2. The molecule has 2 aliphatic rings. The minimum Gasteiger partial charge on any atom is -0.338 e. The Labute approximate surface area is 158 Å². The van der Waals surface area contributed by atoms with Crippen molar-refractivity contribution in [2.75, 3.05) is 45.0 Å². The van der Waals surface area contributed by atoms with Crippen LogP contribution in [0, 0.1) is 5.92 Å². The quantitative estimate of drug-likeness (QED) is 0.659. The van der Waals surface area contributed by atoms with Gasteiger partial charge in [0.15, 0.2) is 0 Å². The Morgan fingerprint density at radius 2 is 1.81 bits per heavy atom. The third-order valence-corrected chi connectivity index (χ3v) is 7.04. The van der Waals surface area contributed by atoms with Crippen molar-refractivity contribution in [2.45, 2.75) is 44.8 Å². The van der Waals surface area contributed by atoms with Crippen LogP contribution < -0.4 is 10.6 Å². The summed E-state index contributed by atoms with van der Waals surface area (Å²) in [6.07, 6.45) is -1.88. The van der Waals surface area contributed by atoms with Crippen LogP contribution in [0.2, 0.25) is 0 Å². The standard InChI is InChI=1S/C16H29F3N4O3S/c1-2-9-27(25,26)23-7-4-14(5-8-23)21-15(24)20-10-13-3-6-22(11-13)12-16(17,18)19/h13-14H,2-12H2,1H3,(H2,20,21,24). The molecule has 2 N–H and O–H groups in total. The highest BCUT2D eigenvalue weighted by Gasteiger charge is 2.34. The molecular weight excluding hydrogens is 385 g/mol. The zero-order valence-electron chi connectivity index (χ0n) is 15.6. The van der Waals surface area contributed by atoms with Crippen molar-refractivity contribution in [3.05, 3.63) is 0 Å². The molecule has 0 aliphatic carbocycles. The zero-order chi connectivity index (χ0) is 20.1. The summed E-state index contributed by atoms with van der Waals surface area (Å²) in [4.78, 5) is 13.4.